The molecule has 0 aliphatic rings. The summed E-state index contributed by atoms with van der Waals surface area (Å²) in [5.74, 6) is 0. The van der Waals surface area contributed by atoms with Gasteiger partial charge in [0.05, 0.1) is 12.3 Å². The second-order valence-electron chi connectivity index (χ2n) is 3.10. The molecule has 3 N–H and O–H groups in total. The molecule has 1 unspecified atom stereocenters. The molecule has 2 aromatic rings. The van der Waals surface area contributed by atoms with Gasteiger partial charge in [-0.15, -0.1) is 5.10 Å². The van der Waals surface area contributed by atoms with Gasteiger partial charge in [-0.1, -0.05) is 35.5 Å². The van der Waals surface area contributed by atoms with Gasteiger partial charge in [-0.3, -0.25) is 5.10 Å². The summed E-state index contributed by atoms with van der Waals surface area (Å²) in [5, 5.41) is 27.2. The van der Waals surface area contributed by atoms with Crippen LogP contribution in [-0.2, 0) is 0 Å². The number of hydrogen-bond acceptors (Lipinski definition) is 4. The second kappa shape index (κ2) is 7.56. The minimum atomic E-state index is -0.527. The van der Waals surface area contributed by atoms with E-state index in [4.69, 9.17) is 5.11 Å². The summed E-state index contributed by atoms with van der Waals surface area (Å²) in [4.78, 5) is 0. The van der Waals surface area contributed by atoms with Gasteiger partial charge >= 0.3 is 0 Å². The lowest BCUT2D eigenvalue weighted by molar-refractivity contribution is 0.134. The van der Waals surface area contributed by atoms with Gasteiger partial charge in [0.2, 0.25) is 0 Å². The van der Waals surface area contributed by atoms with Crippen LogP contribution in [0.4, 0.5) is 0 Å². The maximum absolute atomic E-state index is 9.36. The maximum atomic E-state index is 9.36. The van der Waals surface area contributed by atoms with Crippen LogP contribution in [0.1, 0.15) is 18.1 Å². The molecule has 0 spiro atoms. The topological polar surface area (TPSA) is 82.0 Å². The molecule has 0 fully saturated rings. The van der Waals surface area contributed by atoms with Gasteiger partial charge in [-0.2, -0.15) is 0 Å². The molecular weight excluding hydrogens is 206 g/mol. The molecule has 2 rings (SSSR count). The third-order valence-electron chi connectivity index (χ3n) is 1.92. The van der Waals surface area contributed by atoms with Crippen LogP contribution in [0.25, 0.3) is 0 Å². The quantitative estimate of drug-likeness (QED) is 0.719. The molecule has 0 amide bonds. The van der Waals surface area contributed by atoms with Crippen molar-refractivity contribution in [1.82, 2.24) is 15.4 Å². The second-order valence-corrected chi connectivity index (χ2v) is 3.10. The summed E-state index contributed by atoms with van der Waals surface area (Å²) in [6, 6.07) is 9.33. The normalized spacial score (nSPS) is 11.4. The zero-order chi connectivity index (χ0) is 11.6. The Balaban J connectivity index is 0.000000212. The summed E-state index contributed by atoms with van der Waals surface area (Å²) in [6.07, 6.45) is 3.12. The number of nitrogens with one attached hydrogen (secondary N) is 1. The standard InChI is InChI=1S/C9H12O2.C2H3N3/c10-7-6-9(11)8-4-2-1-3-5-8;1-2-4-5-3-1/h1-5,9-11H,6-7H2;1-2H,(H,3,4,5). The number of nitrogens with zero attached hydrogens (tertiary/aromatic N) is 2. The molecule has 5 heteroatoms. The number of aromatic amines is 1. The molecule has 1 aromatic heterocycles. The lowest BCUT2D eigenvalue weighted by atomic mass is 10.1. The van der Waals surface area contributed by atoms with E-state index >= 15 is 0 Å². The zero-order valence-electron chi connectivity index (χ0n) is 8.82. The highest BCUT2D eigenvalue weighted by Gasteiger charge is 2.03. The number of rotatable bonds is 3. The molecule has 0 bridgehead atoms. The van der Waals surface area contributed by atoms with Gasteiger partial charge in [-0.05, 0) is 5.56 Å². The van der Waals surface area contributed by atoms with Crippen LogP contribution in [0.3, 0.4) is 0 Å². The average molecular weight is 221 g/mol. The Bertz CT molecular complexity index is 333. The Morgan fingerprint density at radius 1 is 1.25 bits per heavy atom. The number of aromatic nitrogens is 3. The molecule has 1 heterocycles. The first-order valence-electron chi connectivity index (χ1n) is 4.99. The Morgan fingerprint density at radius 2 is 2.00 bits per heavy atom. The first kappa shape index (κ1) is 12.4. The Hall–Kier alpha value is -1.72. The van der Waals surface area contributed by atoms with Crippen molar-refractivity contribution >= 4 is 0 Å². The molecular formula is C11H15N3O2. The minimum absolute atomic E-state index is 0.0239. The van der Waals surface area contributed by atoms with E-state index in [1.807, 2.05) is 30.3 Å². The van der Waals surface area contributed by atoms with Crippen molar-refractivity contribution in [3.63, 3.8) is 0 Å². The number of H-pyrrole nitrogens is 1. The minimum Gasteiger partial charge on any atom is -0.396 e. The molecule has 86 valence electrons. The van der Waals surface area contributed by atoms with E-state index in [1.54, 1.807) is 12.4 Å². The molecule has 0 saturated heterocycles. The van der Waals surface area contributed by atoms with Gasteiger partial charge < -0.3 is 10.2 Å². The van der Waals surface area contributed by atoms with E-state index in [-0.39, 0.29) is 6.61 Å². The van der Waals surface area contributed by atoms with E-state index in [9.17, 15) is 5.11 Å². The summed E-state index contributed by atoms with van der Waals surface area (Å²) in [7, 11) is 0. The zero-order valence-corrected chi connectivity index (χ0v) is 8.82. The first-order chi connectivity index (χ1) is 7.84. The Morgan fingerprint density at radius 3 is 2.44 bits per heavy atom. The van der Waals surface area contributed by atoms with Crippen molar-refractivity contribution in [3.8, 4) is 0 Å². The van der Waals surface area contributed by atoms with Crippen LogP contribution >= 0.6 is 0 Å². The summed E-state index contributed by atoms with van der Waals surface area (Å²) >= 11 is 0. The summed E-state index contributed by atoms with van der Waals surface area (Å²) in [5.41, 5.74) is 0.863. The van der Waals surface area contributed by atoms with Gasteiger partial charge in [0.1, 0.15) is 0 Å². The SMILES string of the molecule is OCCC(O)c1ccccc1.c1c[nH]nn1. The van der Waals surface area contributed by atoms with E-state index in [0.717, 1.165) is 5.56 Å². The van der Waals surface area contributed by atoms with Crippen LogP contribution in [0.15, 0.2) is 42.7 Å². The van der Waals surface area contributed by atoms with E-state index in [1.165, 1.54) is 0 Å². The van der Waals surface area contributed by atoms with Crippen LogP contribution in [-0.4, -0.2) is 32.2 Å². The largest absolute Gasteiger partial charge is 0.396 e. The van der Waals surface area contributed by atoms with Crippen molar-refractivity contribution in [3.05, 3.63) is 48.3 Å². The lowest BCUT2D eigenvalue weighted by Gasteiger charge is -2.07. The highest BCUT2D eigenvalue weighted by Crippen LogP contribution is 2.14. The lowest BCUT2D eigenvalue weighted by Crippen LogP contribution is -1.99. The molecule has 0 aliphatic carbocycles. The van der Waals surface area contributed by atoms with Crippen molar-refractivity contribution in [2.45, 2.75) is 12.5 Å². The van der Waals surface area contributed by atoms with Crippen LogP contribution in [0, 0.1) is 0 Å². The Kier molecular flexibility index (Phi) is 5.83. The fraction of sp³-hybridized carbons (Fsp3) is 0.273. The third-order valence-corrected chi connectivity index (χ3v) is 1.92. The highest BCUT2D eigenvalue weighted by molar-refractivity contribution is 5.16. The summed E-state index contributed by atoms with van der Waals surface area (Å²) < 4.78 is 0. The van der Waals surface area contributed by atoms with E-state index < -0.39 is 6.10 Å². The van der Waals surface area contributed by atoms with E-state index in [0.29, 0.717) is 6.42 Å². The van der Waals surface area contributed by atoms with Crippen LogP contribution in [0.2, 0.25) is 0 Å². The third kappa shape index (κ3) is 4.68. The molecule has 0 saturated carbocycles. The van der Waals surface area contributed by atoms with E-state index in [2.05, 4.69) is 15.4 Å². The number of hydrogen-bond donors (Lipinski definition) is 3. The molecule has 1 atom stereocenters. The van der Waals surface area contributed by atoms with Gasteiger partial charge in [0.25, 0.3) is 0 Å². The highest BCUT2D eigenvalue weighted by atomic mass is 16.3. The predicted octanol–water partition coefficient (Wildman–Crippen LogP) is 0.907. The smallest absolute Gasteiger partial charge is 0.0811 e. The van der Waals surface area contributed by atoms with Crippen LogP contribution in [0.5, 0.6) is 0 Å². The monoisotopic (exact) mass is 221 g/mol. The number of aliphatic hydroxyl groups excluding tert-OH is 2. The number of benzene rings is 1. The first-order valence-corrected chi connectivity index (χ1v) is 4.99. The van der Waals surface area contributed by atoms with Gasteiger partial charge in [0.15, 0.2) is 0 Å². The fourth-order valence-corrected chi connectivity index (χ4v) is 1.13. The fourth-order valence-electron chi connectivity index (χ4n) is 1.13. The predicted molar refractivity (Wildman–Crippen MR) is 59.5 cm³/mol. The van der Waals surface area contributed by atoms with Crippen molar-refractivity contribution < 1.29 is 10.2 Å². The number of aliphatic hydroxyl groups is 2. The molecule has 0 aliphatic heterocycles. The molecule has 5 nitrogen and oxygen atoms in total. The molecule has 0 radical (unpaired) electrons. The van der Waals surface area contributed by atoms with Crippen molar-refractivity contribution in [1.29, 1.82) is 0 Å². The summed E-state index contributed by atoms with van der Waals surface area (Å²) in [6.45, 7) is 0.0239. The van der Waals surface area contributed by atoms with Crippen LogP contribution < -0.4 is 0 Å². The van der Waals surface area contributed by atoms with Gasteiger partial charge in [0, 0.05) is 19.2 Å². The maximum Gasteiger partial charge on any atom is 0.0811 e. The molecule has 1 aromatic carbocycles. The van der Waals surface area contributed by atoms with Gasteiger partial charge in [-0.25, -0.2) is 0 Å². The van der Waals surface area contributed by atoms with Crippen molar-refractivity contribution in [2.24, 2.45) is 0 Å². The van der Waals surface area contributed by atoms with Crippen molar-refractivity contribution in [2.75, 3.05) is 6.61 Å². The Labute approximate surface area is 93.8 Å². The molecule has 16 heavy (non-hydrogen) atoms. The average Bonchev–Trinajstić information content (AvgIpc) is 2.89.